The largest absolute Gasteiger partial charge is 2.00 e. The Morgan fingerprint density at radius 2 is 0.800 bits per heavy atom. The van der Waals surface area contributed by atoms with E-state index in [1.807, 2.05) is 0 Å². The Kier molecular flexibility index (Phi) is 25.3. The summed E-state index contributed by atoms with van der Waals surface area (Å²) in [5, 5.41) is 3.59. The summed E-state index contributed by atoms with van der Waals surface area (Å²) >= 11 is 0. The summed E-state index contributed by atoms with van der Waals surface area (Å²) in [6, 6.07) is 0. The van der Waals surface area contributed by atoms with Crippen LogP contribution >= 0.6 is 0 Å². The van der Waals surface area contributed by atoms with Gasteiger partial charge in [0, 0.05) is 0 Å². The van der Waals surface area contributed by atoms with Gasteiger partial charge in [-0.1, -0.05) is 90.9 Å². The Morgan fingerprint density at radius 3 is 1.15 bits per heavy atom. The molecule has 0 aromatic carbocycles. The predicted octanol–water partition coefficient (Wildman–Crippen LogP) is 5.92. The molecule has 20 heavy (non-hydrogen) atoms. The standard InChI is InChI=1S/C18H39N.Mg.2H/c1-3-5-7-9-11-13-15-17-19-18-16-14-12-10-8-6-4-2;;;/h19H,3-18H2,1-2H3;;;/q;+2;2*-1. The Morgan fingerprint density at radius 1 is 0.500 bits per heavy atom. The zero-order chi connectivity index (χ0) is 14.0. The van der Waals surface area contributed by atoms with Gasteiger partial charge in [-0.2, -0.15) is 0 Å². The summed E-state index contributed by atoms with van der Waals surface area (Å²) < 4.78 is 0. The molecule has 0 amide bonds. The molecule has 0 aromatic rings. The first kappa shape index (κ1) is 23.0. The quantitative estimate of drug-likeness (QED) is 0.275. The van der Waals surface area contributed by atoms with E-state index in [9.17, 15) is 0 Å². The second-order valence-corrected chi connectivity index (χ2v) is 5.99. The van der Waals surface area contributed by atoms with Crippen molar-refractivity contribution in [3.05, 3.63) is 0 Å². The van der Waals surface area contributed by atoms with Gasteiger partial charge in [-0.3, -0.25) is 0 Å². The average Bonchev–Trinajstić information content (AvgIpc) is 2.43. The fourth-order valence-electron chi connectivity index (χ4n) is 2.54. The molecule has 0 aromatic heterocycles. The van der Waals surface area contributed by atoms with Gasteiger partial charge in [0.1, 0.15) is 0 Å². The molecule has 0 atom stereocenters. The monoisotopic (exact) mass is 295 g/mol. The third-order valence-electron chi connectivity index (χ3n) is 3.91. The molecule has 0 saturated carbocycles. The zero-order valence-electron chi connectivity index (χ0n) is 16.5. The fraction of sp³-hybridized carbons (Fsp3) is 1.00. The first-order valence-electron chi connectivity index (χ1n) is 9.12. The smallest absolute Gasteiger partial charge is 1.00 e. The van der Waals surface area contributed by atoms with Crippen LogP contribution < -0.4 is 5.32 Å². The van der Waals surface area contributed by atoms with Crippen molar-refractivity contribution in [1.82, 2.24) is 5.32 Å². The van der Waals surface area contributed by atoms with Crippen molar-refractivity contribution in [2.45, 2.75) is 104 Å². The fourth-order valence-corrected chi connectivity index (χ4v) is 2.54. The van der Waals surface area contributed by atoms with E-state index in [-0.39, 0.29) is 25.9 Å². The molecule has 0 aliphatic rings. The van der Waals surface area contributed by atoms with Gasteiger partial charge in [-0.05, 0) is 25.9 Å². The molecular formula is C18H41MgN. The van der Waals surface area contributed by atoms with Crippen LogP contribution in [0.4, 0.5) is 0 Å². The summed E-state index contributed by atoms with van der Waals surface area (Å²) in [5.74, 6) is 0. The molecule has 120 valence electrons. The minimum absolute atomic E-state index is 0. The first-order valence-corrected chi connectivity index (χ1v) is 9.12. The van der Waals surface area contributed by atoms with E-state index in [1.54, 1.807) is 0 Å². The van der Waals surface area contributed by atoms with Crippen LogP contribution in [0.5, 0.6) is 0 Å². The molecule has 0 spiro atoms. The maximum atomic E-state index is 3.59. The van der Waals surface area contributed by atoms with Crippen molar-refractivity contribution in [2.75, 3.05) is 13.1 Å². The predicted molar refractivity (Wildman–Crippen MR) is 96.8 cm³/mol. The van der Waals surface area contributed by atoms with Gasteiger partial charge in [0.25, 0.3) is 0 Å². The van der Waals surface area contributed by atoms with E-state index in [1.165, 1.54) is 103 Å². The first-order chi connectivity index (χ1) is 9.41. The van der Waals surface area contributed by atoms with Crippen LogP contribution in [0.2, 0.25) is 0 Å². The van der Waals surface area contributed by atoms with Crippen LogP contribution in [0.25, 0.3) is 0 Å². The van der Waals surface area contributed by atoms with Gasteiger partial charge >= 0.3 is 23.1 Å². The van der Waals surface area contributed by atoms with Crippen LogP contribution in [0.1, 0.15) is 107 Å². The summed E-state index contributed by atoms with van der Waals surface area (Å²) in [6.45, 7) is 7.05. The zero-order valence-corrected chi connectivity index (χ0v) is 15.9. The molecule has 0 aliphatic heterocycles. The normalized spacial score (nSPS) is 10.5. The topological polar surface area (TPSA) is 12.0 Å². The Hall–Kier alpha value is 0.726. The van der Waals surface area contributed by atoms with E-state index in [0.717, 1.165) is 0 Å². The van der Waals surface area contributed by atoms with E-state index in [0.29, 0.717) is 0 Å². The molecule has 0 heterocycles. The van der Waals surface area contributed by atoms with Crippen LogP contribution in [-0.4, -0.2) is 36.1 Å². The van der Waals surface area contributed by atoms with Gasteiger partial charge in [0.05, 0.1) is 0 Å². The summed E-state index contributed by atoms with van der Waals surface area (Å²) in [7, 11) is 0. The number of unbranched alkanes of at least 4 members (excludes halogenated alkanes) is 12. The molecule has 0 rings (SSSR count). The SMILES string of the molecule is CCCCCCCCCNCCCCCCCCC.[H-].[H-].[Mg+2]. The number of rotatable bonds is 16. The van der Waals surface area contributed by atoms with Crippen molar-refractivity contribution in [3.63, 3.8) is 0 Å². The molecular weight excluding hydrogens is 255 g/mol. The minimum Gasteiger partial charge on any atom is -1.00 e. The Labute approximate surface area is 148 Å². The second-order valence-electron chi connectivity index (χ2n) is 5.99. The summed E-state index contributed by atoms with van der Waals surface area (Å²) in [6.07, 6.45) is 19.9. The van der Waals surface area contributed by atoms with Crippen LogP contribution in [-0.2, 0) is 0 Å². The van der Waals surface area contributed by atoms with E-state index in [2.05, 4.69) is 19.2 Å². The second kappa shape index (κ2) is 22.0. The van der Waals surface area contributed by atoms with Crippen LogP contribution in [0.15, 0.2) is 0 Å². The third kappa shape index (κ3) is 21.0. The van der Waals surface area contributed by atoms with Crippen molar-refractivity contribution in [2.24, 2.45) is 0 Å². The van der Waals surface area contributed by atoms with E-state index in [4.69, 9.17) is 0 Å². The Bertz CT molecular complexity index is 144. The molecule has 0 fully saturated rings. The van der Waals surface area contributed by atoms with Crippen LogP contribution in [0.3, 0.4) is 0 Å². The molecule has 1 N–H and O–H groups in total. The van der Waals surface area contributed by atoms with Crippen LogP contribution in [0, 0.1) is 0 Å². The maximum Gasteiger partial charge on any atom is 2.00 e. The molecule has 2 heteroatoms. The van der Waals surface area contributed by atoms with E-state index >= 15 is 0 Å². The maximum absolute atomic E-state index is 3.59. The number of nitrogens with one attached hydrogen (secondary N) is 1. The third-order valence-corrected chi connectivity index (χ3v) is 3.91. The number of hydrogen-bond donors (Lipinski definition) is 1. The summed E-state index contributed by atoms with van der Waals surface area (Å²) in [4.78, 5) is 0. The molecule has 0 radical (unpaired) electrons. The van der Waals surface area contributed by atoms with Crippen molar-refractivity contribution < 1.29 is 2.85 Å². The molecule has 0 saturated heterocycles. The van der Waals surface area contributed by atoms with Gasteiger partial charge in [-0.25, -0.2) is 0 Å². The van der Waals surface area contributed by atoms with Gasteiger partial charge in [0.15, 0.2) is 0 Å². The molecule has 0 aliphatic carbocycles. The average molecular weight is 296 g/mol. The molecule has 0 bridgehead atoms. The van der Waals surface area contributed by atoms with E-state index < -0.39 is 0 Å². The van der Waals surface area contributed by atoms with Crippen molar-refractivity contribution in [3.8, 4) is 0 Å². The van der Waals surface area contributed by atoms with Gasteiger partial charge < -0.3 is 8.17 Å². The van der Waals surface area contributed by atoms with Crippen molar-refractivity contribution in [1.29, 1.82) is 0 Å². The van der Waals surface area contributed by atoms with Gasteiger partial charge in [-0.15, -0.1) is 0 Å². The molecule has 1 nitrogen and oxygen atoms in total. The molecule has 0 unspecified atom stereocenters. The van der Waals surface area contributed by atoms with Gasteiger partial charge in [0.2, 0.25) is 0 Å². The van der Waals surface area contributed by atoms with Crippen molar-refractivity contribution >= 4 is 23.1 Å². The minimum atomic E-state index is 0. The Balaban J connectivity index is -0.000000540. The number of hydrogen-bond acceptors (Lipinski definition) is 1. The summed E-state index contributed by atoms with van der Waals surface area (Å²) in [5.41, 5.74) is 0.